The summed E-state index contributed by atoms with van der Waals surface area (Å²) in [5.74, 6) is -0.159. The molecule has 2 heterocycles. The Bertz CT molecular complexity index is 1410. The molecule has 4 aromatic rings. The van der Waals surface area contributed by atoms with Gasteiger partial charge in [0.05, 0.1) is 11.6 Å². The molecule has 2 aromatic carbocycles. The smallest absolute Gasteiger partial charge is 0.332 e. The summed E-state index contributed by atoms with van der Waals surface area (Å²) >= 11 is 12.4. The van der Waals surface area contributed by atoms with Crippen molar-refractivity contribution >= 4 is 34.4 Å². The van der Waals surface area contributed by atoms with Crippen LogP contribution in [0.1, 0.15) is 5.56 Å². The van der Waals surface area contributed by atoms with Gasteiger partial charge in [0.15, 0.2) is 11.2 Å². The first-order valence-electron chi connectivity index (χ1n) is 8.80. The second kappa shape index (κ2) is 7.62. The van der Waals surface area contributed by atoms with Gasteiger partial charge in [-0.1, -0.05) is 41.4 Å². The molecule has 0 radical (unpaired) electrons. The maximum absolute atomic E-state index is 13.5. The van der Waals surface area contributed by atoms with Crippen LogP contribution in [-0.2, 0) is 20.6 Å². The molecule has 0 aliphatic rings. The summed E-state index contributed by atoms with van der Waals surface area (Å²) in [6.07, 6.45) is 0. The van der Waals surface area contributed by atoms with E-state index in [0.717, 1.165) is 4.57 Å². The van der Waals surface area contributed by atoms with Crippen LogP contribution in [-0.4, -0.2) is 18.7 Å². The molecule has 30 heavy (non-hydrogen) atoms. The zero-order valence-electron chi connectivity index (χ0n) is 15.9. The molecule has 0 aliphatic heterocycles. The first-order chi connectivity index (χ1) is 14.3. The predicted molar refractivity (Wildman–Crippen MR) is 112 cm³/mol. The molecule has 0 amide bonds. The molecule has 0 saturated heterocycles. The number of fused-ring (bicyclic) bond motifs is 1. The predicted octanol–water partition coefficient (Wildman–Crippen LogP) is 3.72. The van der Waals surface area contributed by atoms with Gasteiger partial charge in [-0.3, -0.25) is 18.5 Å². The van der Waals surface area contributed by atoms with Crippen molar-refractivity contribution in [1.29, 1.82) is 0 Å². The first-order valence-corrected chi connectivity index (χ1v) is 9.56. The van der Waals surface area contributed by atoms with E-state index in [0.29, 0.717) is 16.3 Å². The third-order valence-electron chi connectivity index (χ3n) is 4.69. The van der Waals surface area contributed by atoms with E-state index in [2.05, 4.69) is 4.98 Å². The molecule has 10 heteroatoms. The van der Waals surface area contributed by atoms with Crippen LogP contribution in [0.5, 0.6) is 11.8 Å². The van der Waals surface area contributed by atoms with Crippen LogP contribution in [0.2, 0.25) is 10.0 Å². The van der Waals surface area contributed by atoms with Gasteiger partial charge >= 0.3 is 11.7 Å². The summed E-state index contributed by atoms with van der Waals surface area (Å²) in [5, 5.41) is 0.528. The highest BCUT2D eigenvalue weighted by Crippen LogP contribution is 2.31. The van der Waals surface area contributed by atoms with Crippen molar-refractivity contribution in [1.82, 2.24) is 18.7 Å². The minimum atomic E-state index is -0.548. The number of hydrogen-bond donors (Lipinski definition) is 0. The lowest BCUT2D eigenvalue weighted by atomic mass is 10.2. The fourth-order valence-corrected chi connectivity index (χ4v) is 3.50. The van der Waals surface area contributed by atoms with Crippen molar-refractivity contribution in [2.45, 2.75) is 6.54 Å². The van der Waals surface area contributed by atoms with Gasteiger partial charge in [-0.05, 0) is 29.8 Å². The average molecular weight is 449 g/mol. The van der Waals surface area contributed by atoms with Crippen molar-refractivity contribution in [2.24, 2.45) is 14.1 Å². The van der Waals surface area contributed by atoms with Crippen molar-refractivity contribution in [2.75, 3.05) is 0 Å². The van der Waals surface area contributed by atoms with E-state index in [9.17, 15) is 14.0 Å². The van der Waals surface area contributed by atoms with Crippen LogP contribution in [0.4, 0.5) is 4.39 Å². The molecule has 0 fully saturated rings. The quantitative estimate of drug-likeness (QED) is 0.476. The van der Waals surface area contributed by atoms with Gasteiger partial charge in [0.25, 0.3) is 5.56 Å². The molecule has 0 unspecified atom stereocenters. The normalized spacial score (nSPS) is 11.2. The number of hydrogen-bond acceptors (Lipinski definition) is 4. The SMILES string of the molecule is Cn1c(=O)c2c(nc(Oc3ccccc3Cl)n2Cc2ccc(F)cc2Cl)n(C)c1=O. The van der Waals surface area contributed by atoms with Crippen LogP contribution >= 0.6 is 23.2 Å². The number of nitrogens with zero attached hydrogens (tertiary/aromatic N) is 4. The summed E-state index contributed by atoms with van der Waals surface area (Å²) in [6, 6.07) is 10.8. The zero-order chi connectivity index (χ0) is 21.6. The summed E-state index contributed by atoms with van der Waals surface area (Å²) in [4.78, 5) is 29.6. The van der Waals surface area contributed by atoms with Gasteiger partial charge in [0, 0.05) is 19.1 Å². The number of halogens is 3. The molecule has 0 spiro atoms. The molecule has 0 aliphatic carbocycles. The Morgan fingerprint density at radius 1 is 1.03 bits per heavy atom. The first kappa shape index (κ1) is 20.2. The maximum atomic E-state index is 13.5. The molecule has 0 N–H and O–H groups in total. The van der Waals surface area contributed by atoms with Gasteiger partial charge in [-0.15, -0.1) is 0 Å². The van der Waals surface area contributed by atoms with E-state index in [-0.39, 0.29) is 28.7 Å². The number of para-hydroxylation sites is 1. The highest BCUT2D eigenvalue weighted by atomic mass is 35.5. The fourth-order valence-electron chi connectivity index (χ4n) is 3.10. The number of aromatic nitrogens is 4. The van der Waals surface area contributed by atoms with Gasteiger partial charge in [0.1, 0.15) is 11.6 Å². The van der Waals surface area contributed by atoms with Gasteiger partial charge in [0.2, 0.25) is 0 Å². The second-order valence-corrected chi connectivity index (χ2v) is 7.44. The van der Waals surface area contributed by atoms with Crippen molar-refractivity contribution in [3.8, 4) is 11.8 Å². The summed E-state index contributed by atoms with van der Waals surface area (Å²) in [6.45, 7) is 0.0584. The summed E-state index contributed by atoms with van der Waals surface area (Å²) in [7, 11) is 2.88. The van der Waals surface area contributed by atoms with Gasteiger partial charge in [-0.2, -0.15) is 4.98 Å². The summed E-state index contributed by atoms with van der Waals surface area (Å²) < 4.78 is 23.1. The fraction of sp³-hybridized carbons (Fsp3) is 0.150. The van der Waals surface area contributed by atoms with Crippen LogP contribution in [0.25, 0.3) is 11.2 Å². The Balaban J connectivity index is 1.98. The van der Waals surface area contributed by atoms with Gasteiger partial charge < -0.3 is 4.74 Å². The Hall–Kier alpha value is -3.10. The molecule has 0 bridgehead atoms. The Morgan fingerprint density at radius 3 is 2.47 bits per heavy atom. The number of imidazole rings is 1. The average Bonchev–Trinajstić information content (AvgIpc) is 3.07. The van der Waals surface area contributed by atoms with Crippen LogP contribution in [0.3, 0.4) is 0 Å². The van der Waals surface area contributed by atoms with E-state index >= 15 is 0 Å². The third-order valence-corrected chi connectivity index (χ3v) is 5.36. The molecule has 0 atom stereocenters. The van der Waals surface area contributed by atoms with E-state index in [1.54, 1.807) is 24.3 Å². The van der Waals surface area contributed by atoms with Gasteiger partial charge in [-0.25, -0.2) is 9.18 Å². The van der Waals surface area contributed by atoms with Crippen LogP contribution in [0.15, 0.2) is 52.1 Å². The number of ether oxygens (including phenoxy) is 1. The molecule has 7 nitrogen and oxygen atoms in total. The molecular formula is C20H15Cl2FN4O3. The number of aryl methyl sites for hydroxylation is 1. The number of rotatable bonds is 4. The van der Waals surface area contributed by atoms with Crippen molar-refractivity contribution in [3.63, 3.8) is 0 Å². The zero-order valence-corrected chi connectivity index (χ0v) is 17.4. The van der Waals surface area contributed by atoms with E-state index in [4.69, 9.17) is 27.9 Å². The minimum Gasteiger partial charge on any atom is -0.424 e. The molecule has 2 aromatic heterocycles. The van der Waals surface area contributed by atoms with Crippen molar-refractivity contribution in [3.05, 3.63) is 84.7 Å². The lowest BCUT2D eigenvalue weighted by Crippen LogP contribution is -2.37. The van der Waals surface area contributed by atoms with E-state index < -0.39 is 17.1 Å². The highest BCUT2D eigenvalue weighted by Gasteiger charge is 2.22. The Morgan fingerprint density at radius 2 is 1.77 bits per heavy atom. The molecule has 154 valence electrons. The second-order valence-electron chi connectivity index (χ2n) is 6.63. The molecule has 4 rings (SSSR count). The van der Waals surface area contributed by atoms with E-state index in [1.165, 1.54) is 41.4 Å². The summed E-state index contributed by atoms with van der Waals surface area (Å²) in [5.41, 5.74) is -0.253. The van der Waals surface area contributed by atoms with Crippen molar-refractivity contribution < 1.29 is 9.13 Å². The van der Waals surface area contributed by atoms with Crippen LogP contribution < -0.4 is 16.0 Å². The Labute approximate surface area is 179 Å². The topological polar surface area (TPSA) is 71.1 Å². The Kier molecular flexibility index (Phi) is 5.13. The highest BCUT2D eigenvalue weighted by molar-refractivity contribution is 6.32. The minimum absolute atomic E-state index is 0.0387. The standard InChI is InChI=1S/C20H15Cl2FN4O3/c1-25-17-16(18(28)26(2)20(25)29)27(10-11-7-8-12(23)9-14(11)22)19(24-17)30-15-6-4-3-5-13(15)21/h3-9H,10H2,1-2H3. The third kappa shape index (κ3) is 3.38. The number of benzene rings is 2. The maximum Gasteiger partial charge on any atom is 0.332 e. The van der Waals surface area contributed by atoms with E-state index in [1.807, 2.05) is 0 Å². The van der Waals surface area contributed by atoms with Crippen LogP contribution in [0, 0.1) is 5.82 Å². The lowest BCUT2D eigenvalue weighted by molar-refractivity contribution is 0.421. The lowest BCUT2D eigenvalue weighted by Gasteiger charge is -2.12. The largest absolute Gasteiger partial charge is 0.424 e. The molecular weight excluding hydrogens is 434 g/mol. The monoisotopic (exact) mass is 448 g/mol. The molecule has 0 saturated carbocycles.